The van der Waals surface area contributed by atoms with Gasteiger partial charge in [0.1, 0.15) is 18.2 Å². The number of hydrogen-bond donors (Lipinski definition) is 3. The lowest BCUT2D eigenvalue weighted by molar-refractivity contribution is -0.144. The van der Waals surface area contributed by atoms with Gasteiger partial charge in [-0.3, -0.25) is 4.79 Å². The molecule has 0 bridgehead atoms. The van der Waals surface area contributed by atoms with Gasteiger partial charge in [0, 0.05) is 11.3 Å². The number of anilines is 1. The molecule has 0 radical (unpaired) electrons. The molecule has 1 unspecified atom stereocenters. The van der Waals surface area contributed by atoms with Crippen LogP contribution in [0, 0.1) is 0 Å². The summed E-state index contributed by atoms with van der Waals surface area (Å²) in [5, 5.41) is 20.6. The molecule has 2 rings (SSSR count). The Hall–Kier alpha value is -2.18. The van der Waals surface area contributed by atoms with E-state index >= 15 is 0 Å². The summed E-state index contributed by atoms with van der Waals surface area (Å²) in [5.41, 5.74) is 1.85. The molecule has 20 heavy (non-hydrogen) atoms. The second-order valence-corrected chi connectivity index (χ2v) is 4.84. The molecule has 0 amide bonds. The smallest absolute Gasteiger partial charge is 0.326 e. The lowest BCUT2D eigenvalue weighted by Crippen LogP contribution is -2.32. The van der Waals surface area contributed by atoms with E-state index in [1.807, 2.05) is 0 Å². The number of fused-ring (bicyclic) bond motifs is 1. The number of nitrogens with one attached hydrogen (secondary N) is 1. The Bertz CT molecular complexity index is 518. The van der Waals surface area contributed by atoms with Gasteiger partial charge < -0.3 is 15.5 Å². The van der Waals surface area contributed by atoms with Crippen molar-refractivity contribution in [3.05, 3.63) is 17.6 Å². The molecule has 7 nitrogen and oxygen atoms in total. The van der Waals surface area contributed by atoms with Crippen LogP contribution < -0.4 is 5.32 Å². The van der Waals surface area contributed by atoms with Gasteiger partial charge in [-0.2, -0.15) is 0 Å². The summed E-state index contributed by atoms with van der Waals surface area (Å²) in [6.07, 6.45) is 5.71. The van der Waals surface area contributed by atoms with Crippen LogP contribution in [0.15, 0.2) is 6.33 Å². The van der Waals surface area contributed by atoms with E-state index in [4.69, 9.17) is 10.2 Å². The topological polar surface area (TPSA) is 112 Å². The van der Waals surface area contributed by atoms with Crippen LogP contribution in [0.2, 0.25) is 0 Å². The third-order valence-electron chi connectivity index (χ3n) is 3.36. The van der Waals surface area contributed by atoms with E-state index in [9.17, 15) is 9.59 Å². The monoisotopic (exact) mass is 279 g/mol. The highest BCUT2D eigenvalue weighted by Gasteiger charge is 2.23. The second kappa shape index (κ2) is 6.31. The summed E-state index contributed by atoms with van der Waals surface area (Å²) in [5.74, 6) is -1.91. The highest BCUT2D eigenvalue weighted by Crippen LogP contribution is 2.24. The number of aryl methyl sites for hydroxylation is 1. The minimum Gasteiger partial charge on any atom is -0.481 e. The van der Waals surface area contributed by atoms with E-state index < -0.39 is 24.4 Å². The van der Waals surface area contributed by atoms with Crippen LogP contribution in [0.5, 0.6) is 0 Å². The largest absolute Gasteiger partial charge is 0.481 e. The summed E-state index contributed by atoms with van der Waals surface area (Å²) < 4.78 is 0. The van der Waals surface area contributed by atoms with Gasteiger partial charge in [-0.15, -0.1) is 0 Å². The number of hydrogen-bond acceptors (Lipinski definition) is 5. The van der Waals surface area contributed by atoms with E-state index in [1.165, 1.54) is 6.33 Å². The van der Waals surface area contributed by atoms with E-state index in [0.29, 0.717) is 5.82 Å². The van der Waals surface area contributed by atoms with Crippen molar-refractivity contribution in [3.63, 3.8) is 0 Å². The number of carbonyl (C=O) groups is 2. The van der Waals surface area contributed by atoms with Crippen LogP contribution in [-0.4, -0.2) is 38.2 Å². The van der Waals surface area contributed by atoms with E-state index in [-0.39, 0.29) is 0 Å². The van der Waals surface area contributed by atoms with Gasteiger partial charge in [-0.05, 0) is 25.7 Å². The molecule has 1 aromatic rings. The Balaban J connectivity index is 2.23. The van der Waals surface area contributed by atoms with E-state index in [1.54, 1.807) is 0 Å². The predicted octanol–water partition coefficient (Wildman–Crippen LogP) is 1.09. The number of aliphatic carboxylic acids is 2. The van der Waals surface area contributed by atoms with Crippen molar-refractivity contribution in [1.29, 1.82) is 0 Å². The molecule has 0 saturated carbocycles. The minimum atomic E-state index is -1.20. The zero-order valence-electron chi connectivity index (χ0n) is 11.0. The zero-order chi connectivity index (χ0) is 14.5. The Kier molecular flexibility index (Phi) is 4.49. The average Bonchev–Trinajstić information content (AvgIpc) is 2.63. The van der Waals surface area contributed by atoms with Crippen molar-refractivity contribution in [1.82, 2.24) is 9.97 Å². The molecular formula is C13H17N3O4. The Morgan fingerprint density at radius 3 is 2.65 bits per heavy atom. The molecule has 1 heterocycles. The Morgan fingerprint density at radius 1 is 1.20 bits per heavy atom. The maximum Gasteiger partial charge on any atom is 0.326 e. The number of carboxylic acids is 2. The van der Waals surface area contributed by atoms with Crippen LogP contribution in [0.4, 0.5) is 5.82 Å². The zero-order valence-corrected chi connectivity index (χ0v) is 11.0. The quantitative estimate of drug-likeness (QED) is 0.691. The molecule has 1 aliphatic carbocycles. The van der Waals surface area contributed by atoms with Crippen LogP contribution in [0.3, 0.4) is 0 Å². The van der Waals surface area contributed by atoms with Crippen molar-refractivity contribution in [2.45, 2.75) is 44.6 Å². The fraction of sp³-hybridized carbons (Fsp3) is 0.538. The van der Waals surface area contributed by atoms with Crippen LogP contribution in [0.25, 0.3) is 0 Å². The maximum atomic E-state index is 11.1. The summed E-state index contributed by atoms with van der Waals surface area (Å²) in [4.78, 5) is 30.1. The highest BCUT2D eigenvalue weighted by molar-refractivity contribution is 5.83. The molecular weight excluding hydrogens is 262 g/mol. The van der Waals surface area contributed by atoms with E-state index in [2.05, 4.69) is 15.3 Å². The van der Waals surface area contributed by atoms with Gasteiger partial charge in [0.05, 0.1) is 6.42 Å². The normalized spacial score (nSPS) is 15.8. The van der Waals surface area contributed by atoms with Crippen molar-refractivity contribution in [2.24, 2.45) is 0 Å². The van der Waals surface area contributed by atoms with Crippen LogP contribution in [0.1, 0.15) is 36.9 Å². The molecule has 1 atom stereocenters. The van der Waals surface area contributed by atoms with Crippen LogP contribution >= 0.6 is 0 Å². The molecule has 0 spiro atoms. The standard InChI is InChI=1S/C13H17N3O4/c17-11(18)6-10(13(19)20)16-12-8-4-2-1-3-5-9(8)14-7-15-12/h7,10H,1-6H2,(H,17,18)(H,19,20)(H,14,15,16). The van der Waals surface area contributed by atoms with E-state index in [0.717, 1.165) is 43.4 Å². The number of carboxylic acid groups (broad SMARTS) is 2. The van der Waals surface area contributed by atoms with Crippen molar-refractivity contribution in [3.8, 4) is 0 Å². The molecule has 0 fully saturated rings. The fourth-order valence-corrected chi connectivity index (χ4v) is 2.36. The van der Waals surface area contributed by atoms with Gasteiger partial charge in [-0.1, -0.05) is 6.42 Å². The van der Waals surface area contributed by atoms with Crippen molar-refractivity contribution < 1.29 is 19.8 Å². The first-order valence-corrected chi connectivity index (χ1v) is 6.62. The number of rotatable bonds is 5. The minimum absolute atomic E-state index is 0.450. The highest BCUT2D eigenvalue weighted by atomic mass is 16.4. The molecule has 0 saturated heterocycles. The van der Waals surface area contributed by atoms with Crippen molar-refractivity contribution >= 4 is 17.8 Å². The summed E-state index contributed by atoms with van der Waals surface area (Å²) >= 11 is 0. The summed E-state index contributed by atoms with van der Waals surface area (Å²) in [6.45, 7) is 0. The summed E-state index contributed by atoms with van der Waals surface area (Å²) in [7, 11) is 0. The van der Waals surface area contributed by atoms with Crippen molar-refractivity contribution in [2.75, 3.05) is 5.32 Å². The second-order valence-electron chi connectivity index (χ2n) is 4.84. The molecule has 0 aromatic carbocycles. The molecule has 108 valence electrons. The van der Waals surface area contributed by atoms with Crippen LogP contribution in [-0.2, 0) is 22.4 Å². The molecule has 3 N–H and O–H groups in total. The fourth-order valence-electron chi connectivity index (χ4n) is 2.36. The molecule has 1 aliphatic rings. The van der Waals surface area contributed by atoms with Gasteiger partial charge in [-0.25, -0.2) is 14.8 Å². The molecule has 0 aliphatic heterocycles. The molecule has 1 aromatic heterocycles. The summed E-state index contributed by atoms with van der Waals surface area (Å²) in [6, 6.07) is -1.19. The third kappa shape index (κ3) is 3.43. The van der Waals surface area contributed by atoms with Gasteiger partial charge in [0.25, 0.3) is 0 Å². The lowest BCUT2D eigenvalue weighted by atomic mass is 10.1. The number of aromatic nitrogens is 2. The first kappa shape index (κ1) is 14.2. The SMILES string of the molecule is O=C(O)CC(Nc1ncnc2c1CCCCC2)C(=O)O. The third-order valence-corrected chi connectivity index (χ3v) is 3.36. The Labute approximate surface area is 116 Å². The first-order chi connectivity index (χ1) is 9.58. The van der Waals surface area contributed by atoms with Gasteiger partial charge >= 0.3 is 11.9 Å². The number of nitrogens with zero attached hydrogens (tertiary/aromatic N) is 2. The first-order valence-electron chi connectivity index (χ1n) is 6.62. The predicted molar refractivity (Wildman–Crippen MR) is 70.6 cm³/mol. The lowest BCUT2D eigenvalue weighted by Gasteiger charge is -2.16. The Morgan fingerprint density at radius 2 is 1.95 bits per heavy atom. The van der Waals surface area contributed by atoms with Gasteiger partial charge in [0.2, 0.25) is 0 Å². The average molecular weight is 279 g/mol. The maximum absolute atomic E-state index is 11.1. The van der Waals surface area contributed by atoms with Gasteiger partial charge in [0.15, 0.2) is 0 Å². The molecule has 7 heteroatoms.